The van der Waals surface area contributed by atoms with Crippen molar-refractivity contribution in [3.8, 4) is 16.8 Å². The molecule has 0 spiro atoms. The maximum atomic E-state index is 13.2. The van der Waals surface area contributed by atoms with Gasteiger partial charge in [0, 0.05) is 49.0 Å². The van der Waals surface area contributed by atoms with Crippen molar-refractivity contribution in [2.45, 2.75) is 6.92 Å². The molecule has 152 valence electrons. The largest absolute Gasteiger partial charge is 0.346 e. The van der Waals surface area contributed by atoms with E-state index in [1.807, 2.05) is 50.8 Å². The summed E-state index contributed by atoms with van der Waals surface area (Å²) in [6.45, 7) is 1.91. The van der Waals surface area contributed by atoms with Crippen molar-refractivity contribution in [3.05, 3.63) is 71.3 Å². The van der Waals surface area contributed by atoms with Gasteiger partial charge >= 0.3 is 5.69 Å². The first-order valence-electron chi connectivity index (χ1n) is 9.95. The summed E-state index contributed by atoms with van der Waals surface area (Å²) in [5, 5.41) is 6.39. The van der Waals surface area contributed by atoms with Crippen molar-refractivity contribution in [1.29, 1.82) is 0 Å². The minimum Gasteiger partial charge on any atom is -0.346 e. The van der Waals surface area contributed by atoms with E-state index in [9.17, 15) is 4.79 Å². The van der Waals surface area contributed by atoms with Gasteiger partial charge in [0.1, 0.15) is 5.65 Å². The van der Waals surface area contributed by atoms with E-state index < -0.39 is 0 Å². The first-order chi connectivity index (χ1) is 15.0. The minimum atomic E-state index is -0.124. The Balaban J connectivity index is 1.70. The zero-order valence-corrected chi connectivity index (χ0v) is 17.3. The van der Waals surface area contributed by atoms with Crippen molar-refractivity contribution < 1.29 is 0 Å². The topological polar surface area (TPSA) is 86.3 Å². The Bertz CT molecular complexity index is 1700. The summed E-state index contributed by atoms with van der Waals surface area (Å²) in [5.41, 5.74) is 6.75. The van der Waals surface area contributed by atoms with Crippen LogP contribution in [-0.2, 0) is 14.1 Å². The fourth-order valence-corrected chi connectivity index (χ4v) is 4.30. The Kier molecular flexibility index (Phi) is 3.50. The van der Waals surface area contributed by atoms with E-state index in [-0.39, 0.29) is 5.69 Å². The highest BCUT2D eigenvalue weighted by Gasteiger charge is 2.19. The summed E-state index contributed by atoms with van der Waals surface area (Å²) in [4.78, 5) is 25.5. The molecule has 0 radical (unpaired) electrons. The lowest BCUT2D eigenvalue weighted by Gasteiger charge is -2.07. The smallest absolute Gasteiger partial charge is 0.333 e. The molecule has 8 nitrogen and oxygen atoms in total. The number of aryl methyl sites for hydroxylation is 3. The average molecular weight is 409 g/mol. The molecule has 1 aromatic carbocycles. The molecule has 0 aliphatic carbocycles. The van der Waals surface area contributed by atoms with Gasteiger partial charge in [0.2, 0.25) is 0 Å². The van der Waals surface area contributed by atoms with Gasteiger partial charge in [0.15, 0.2) is 0 Å². The first kappa shape index (κ1) is 17.6. The third-order valence-electron chi connectivity index (χ3n) is 5.85. The number of aromatic amines is 1. The van der Waals surface area contributed by atoms with Crippen LogP contribution in [0.2, 0.25) is 0 Å². The number of hydrogen-bond acceptors (Lipinski definition) is 4. The number of imidazole rings is 1. The Hall–Kier alpha value is -4.20. The van der Waals surface area contributed by atoms with Crippen molar-refractivity contribution in [2.24, 2.45) is 14.1 Å². The molecule has 5 aromatic heterocycles. The maximum Gasteiger partial charge on any atom is 0.333 e. The van der Waals surface area contributed by atoms with Gasteiger partial charge in [-0.2, -0.15) is 5.10 Å². The highest BCUT2D eigenvalue weighted by atomic mass is 16.1. The van der Waals surface area contributed by atoms with Gasteiger partial charge in [-0.15, -0.1) is 0 Å². The van der Waals surface area contributed by atoms with Crippen LogP contribution in [0.3, 0.4) is 0 Å². The molecular formula is C23H19N7O. The first-order valence-corrected chi connectivity index (χ1v) is 9.95. The number of aromatic nitrogens is 7. The number of hydrogen-bond donors (Lipinski definition) is 1. The van der Waals surface area contributed by atoms with Gasteiger partial charge in [-0.1, -0.05) is 6.07 Å². The van der Waals surface area contributed by atoms with Crippen LogP contribution in [0.1, 0.15) is 5.69 Å². The van der Waals surface area contributed by atoms with Gasteiger partial charge in [0.05, 0.1) is 34.1 Å². The summed E-state index contributed by atoms with van der Waals surface area (Å²) >= 11 is 0. The molecule has 31 heavy (non-hydrogen) atoms. The average Bonchev–Trinajstić information content (AvgIpc) is 3.44. The molecular weight excluding hydrogens is 390 g/mol. The summed E-state index contributed by atoms with van der Waals surface area (Å²) in [6.07, 6.45) is 7.37. The van der Waals surface area contributed by atoms with Crippen LogP contribution >= 0.6 is 0 Å². The van der Waals surface area contributed by atoms with Crippen LogP contribution in [0.5, 0.6) is 0 Å². The zero-order chi connectivity index (χ0) is 21.3. The molecule has 0 aliphatic heterocycles. The van der Waals surface area contributed by atoms with Crippen molar-refractivity contribution in [2.75, 3.05) is 0 Å². The third kappa shape index (κ3) is 2.48. The fraction of sp³-hybridized carbons (Fsp3) is 0.130. The molecule has 0 fully saturated rings. The Labute approximate surface area is 176 Å². The molecule has 5 heterocycles. The Morgan fingerprint density at radius 3 is 2.68 bits per heavy atom. The normalized spacial score (nSPS) is 11.8. The summed E-state index contributed by atoms with van der Waals surface area (Å²) < 4.78 is 5.09. The standard InChI is InChI=1S/C23H19N7O/c1-13-20(12-28(2)27-13)30-21-17-9-14(16-8-15-6-7-24-22(15)26-10-16)4-5-18(17)25-11-19(21)29(3)23(30)31/h4-12H,1-3H3,(H,24,26). The fourth-order valence-electron chi connectivity index (χ4n) is 4.30. The van der Waals surface area contributed by atoms with Crippen LogP contribution in [0.25, 0.3) is 49.8 Å². The van der Waals surface area contributed by atoms with Crippen LogP contribution in [0, 0.1) is 6.92 Å². The molecule has 0 amide bonds. The van der Waals surface area contributed by atoms with Gasteiger partial charge in [0.25, 0.3) is 0 Å². The molecule has 0 bridgehead atoms. The third-order valence-corrected chi connectivity index (χ3v) is 5.85. The number of pyridine rings is 2. The highest BCUT2D eigenvalue weighted by Crippen LogP contribution is 2.30. The summed E-state index contributed by atoms with van der Waals surface area (Å²) in [6, 6.07) is 10.2. The Morgan fingerprint density at radius 2 is 1.87 bits per heavy atom. The highest BCUT2D eigenvalue weighted by molar-refractivity contribution is 6.04. The Morgan fingerprint density at radius 1 is 1.00 bits per heavy atom. The van der Waals surface area contributed by atoms with Crippen LogP contribution in [0.15, 0.2) is 59.9 Å². The number of nitrogens with one attached hydrogen (secondary N) is 1. The second-order valence-electron chi connectivity index (χ2n) is 7.81. The second kappa shape index (κ2) is 6.15. The van der Waals surface area contributed by atoms with Crippen LogP contribution < -0.4 is 5.69 Å². The molecule has 6 aromatic rings. The van der Waals surface area contributed by atoms with E-state index in [0.717, 1.165) is 55.5 Å². The number of nitrogens with zero attached hydrogens (tertiary/aromatic N) is 6. The lowest BCUT2D eigenvalue weighted by Crippen LogP contribution is -2.21. The lowest BCUT2D eigenvalue weighted by molar-refractivity contribution is 0.756. The maximum absolute atomic E-state index is 13.2. The molecule has 0 atom stereocenters. The summed E-state index contributed by atoms with van der Waals surface area (Å²) in [7, 11) is 3.63. The molecule has 0 saturated heterocycles. The van der Waals surface area contributed by atoms with E-state index in [1.165, 1.54) is 0 Å². The SMILES string of the molecule is Cc1nn(C)cc1-n1c(=O)n(C)c2cnc3ccc(-c4cnc5[nH]ccc5c4)cc3c21. The lowest BCUT2D eigenvalue weighted by atomic mass is 10.0. The minimum absolute atomic E-state index is 0.124. The quantitative estimate of drug-likeness (QED) is 0.475. The van der Waals surface area contributed by atoms with Crippen LogP contribution in [-0.4, -0.2) is 33.9 Å². The summed E-state index contributed by atoms with van der Waals surface area (Å²) in [5.74, 6) is 0. The van der Waals surface area contributed by atoms with E-state index in [1.54, 1.807) is 27.1 Å². The van der Waals surface area contributed by atoms with Gasteiger partial charge in [-0.3, -0.25) is 18.8 Å². The van der Waals surface area contributed by atoms with Crippen molar-refractivity contribution >= 4 is 33.0 Å². The van der Waals surface area contributed by atoms with Gasteiger partial charge in [-0.05, 0) is 36.8 Å². The molecule has 0 aliphatic rings. The number of H-pyrrole nitrogens is 1. The number of fused-ring (bicyclic) bond motifs is 4. The van der Waals surface area contributed by atoms with E-state index >= 15 is 0 Å². The van der Waals surface area contributed by atoms with Crippen LogP contribution in [0.4, 0.5) is 0 Å². The number of benzene rings is 1. The van der Waals surface area contributed by atoms with E-state index in [4.69, 9.17) is 0 Å². The predicted molar refractivity (Wildman–Crippen MR) is 120 cm³/mol. The predicted octanol–water partition coefficient (Wildman–Crippen LogP) is 3.46. The zero-order valence-electron chi connectivity index (χ0n) is 17.3. The van der Waals surface area contributed by atoms with E-state index in [0.29, 0.717) is 0 Å². The molecule has 8 heteroatoms. The molecule has 1 N–H and O–H groups in total. The van der Waals surface area contributed by atoms with Gasteiger partial charge < -0.3 is 4.98 Å². The van der Waals surface area contributed by atoms with E-state index in [2.05, 4.69) is 32.2 Å². The second-order valence-corrected chi connectivity index (χ2v) is 7.81. The van der Waals surface area contributed by atoms with Crippen molar-refractivity contribution in [1.82, 2.24) is 33.9 Å². The molecule has 0 unspecified atom stereocenters. The molecule has 0 saturated carbocycles. The van der Waals surface area contributed by atoms with Gasteiger partial charge in [-0.25, -0.2) is 9.78 Å². The monoisotopic (exact) mass is 409 g/mol. The number of rotatable bonds is 2. The molecule has 6 rings (SSSR count). The van der Waals surface area contributed by atoms with Crippen molar-refractivity contribution in [3.63, 3.8) is 0 Å².